The third-order valence-corrected chi connectivity index (χ3v) is 5.05. The molecule has 0 saturated heterocycles. The largest absolute Gasteiger partial charge is 0.118 e. The van der Waals surface area contributed by atoms with Crippen molar-refractivity contribution in [1.29, 1.82) is 0 Å². The Bertz CT molecular complexity index is 749. The number of halogens is 1. The molecule has 24 heavy (non-hydrogen) atoms. The lowest BCUT2D eigenvalue weighted by Gasteiger charge is -2.16. The van der Waals surface area contributed by atoms with Crippen molar-refractivity contribution in [3.8, 4) is 11.1 Å². The molecule has 1 heteroatoms. The van der Waals surface area contributed by atoms with E-state index in [9.17, 15) is 0 Å². The quantitative estimate of drug-likeness (QED) is 0.417. The Hall–Kier alpha value is -2.05. The van der Waals surface area contributed by atoms with Crippen LogP contribution in [-0.2, 0) is 0 Å². The van der Waals surface area contributed by atoms with Crippen LogP contribution < -0.4 is 0 Å². The maximum atomic E-state index is 6.70. The minimum Gasteiger partial charge on any atom is -0.118 e. The molecular formula is C23H23Cl. The van der Waals surface area contributed by atoms with Crippen LogP contribution >= 0.6 is 11.6 Å². The van der Waals surface area contributed by atoms with Crippen molar-refractivity contribution in [2.45, 2.75) is 31.1 Å². The summed E-state index contributed by atoms with van der Waals surface area (Å²) in [5.74, 6) is 0.532. The van der Waals surface area contributed by atoms with E-state index in [0.29, 0.717) is 5.92 Å². The fourth-order valence-electron chi connectivity index (χ4n) is 3.05. The van der Waals surface area contributed by atoms with Gasteiger partial charge in [0.15, 0.2) is 0 Å². The van der Waals surface area contributed by atoms with Crippen molar-refractivity contribution >= 4 is 11.6 Å². The lowest BCUT2D eigenvalue weighted by molar-refractivity contribution is 0.623. The van der Waals surface area contributed by atoms with Crippen LogP contribution in [0, 0.1) is 0 Å². The molecule has 122 valence electrons. The van der Waals surface area contributed by atoms with Gasteiger partial charge in [-0.3, -0.25) is 0 Å². The van der Waals surface area contributed by atoms with E-state index in [4.69, 9.17) is 11.6 Å². The molecule has 3 aromatic rings. The van der Waals surface area contributed by atoms with Crippen LogP contribution in [0.2, 0.25) is 0 Å². The average molecular weight is 335 g/mol. The zero-order chi connectivity index (χ0) is 16.8. The van der Waals surface area contributed by atoms with Crippen molar-refractivity contribution in [1.82, 2.24) is 0 Å². The van der Waals surface area contributed by atoms with Gasteiger partial charge in [0, 0.05) is 0 Å². The van der Waals surface area contributed by atoms with Gasteiger partial charge in [0.1, 0.15) is 0 Å². The standard InChI is InChI=1S/C23H23Cl/c1-18(19-9-4-2-5-10-19)15-16-23(24)22-14-8-13-21(17-22)20-11-6-3-7-12-20/h2-14,17-18,23H,15-16H2,1H3. The SMILES string of the molecule is CC(CCC(Cl)c1cccc(-c2ccccc2)c1)c1ccccc1. The van der Waals surface area contributed by atoms with E-state index in [2.05, 4.69) is 85.8 Å². The second-order valence-electron chi connectivity index (χ2n) is 6.35. The predicted octanol–water partition coefficient (Wildman–Crippen LogP) is 7.22. The molecule has 0 aromatic heterocycles. The first-order chi connectivity index (χ1) is 11.7. The molecule has 0 fully saturated rings. The summed E-state index contributed by atoms with van der Waals surface area (Å²) < 4.78 is 0. The first-order valence-electron chi connectivity index (χ1n) is 8.58. The third kappa shape index (κ3) is 4.27. The summed E-state index contributed by atoms with van der Waals surface area (Å²) in [7, 11) is 0. The number of benzene rings is 3. The summed E-state index contributed by atoms with van der Waals surface area (Å²) in [6.07, 6.45) is 2.07. The highest BCUT2D eigenvalue weighted by molar-refractivity contribution is 6.20. The molecule has 0 bridgehead atoms. The normalized spacial score (nSPS) is 13.4. The lowest BCUT2D eigenvalue weighted by Crippen LogP contribution is -1.97. The zero-order valence-electron chi connectivity index (χ0n) is 14.0. The fraction of sp³-hybridized carbons (Fsp3) is 0.217. The first-order valence-corrected chi connectivity index (χ1v) is 9.02. The van der Waals surface area contributed by atoms with E-state index in [1.165, 1.54) is 22.3 Å². The van der Waals surface area contributed by atoms with Gasteiger partial charge < -0.3 is 0 Å². The van der Waals surface area contributed by atoms with Gasteiger partial charge in [-0.05, 0) is 47.1 Å². The van der Waals surface area contributed by atoms with E-state index in [1.54, 1.807) is 0 Å². The van der Waals surface area contributed by atoms with Crippen molar-refractivity contribution in [3.05, 3.63) is 96.1 Å². The number of alkyl halides is 1. The van der Waals surface area contributed by atoms with E-state index >= 15 is 0 Å². The van der Waals surface area contributed by atoms with Gasteiger partial charge in [0.25, 0.3) is 0 Å². The minimum atomic E-state index is 0.0554. The molecular weight excluding hydrogens is 312 g/mol. The summed E-state index contributed by atoms with van der Waals surface area (Å²) in [5, 5.41) is 0.0554. The summed E-state index contributed by atoms with van der Waals surface area (Å²) in [4.78, 5) is 0. The minimum absolute atomic E-state index is 0.0554. The number of hydrogen-bond acceptors (Lipinski definition) is 0. The molecule has 3 aromatic carbocycles. The molecule has 0 amide bonds. The summed E-state index contributed by atoms with van der Waals surface area (Å²) >= 11 is 6.70. The molecule has 0 N–H and O–H groups in total. The molecule has 0 radical (unpaired) electrons. The number of rotatable bonds is 6. The van der Waals surface area contributed by atoms with Crippen molar-refractivity contribution in [2.24, 2.45) is 0 Å². The van der Waals surface area contributed by atoms with Crippen LogP contribution in [0.4, 0.5) is 0 Å². The van der Waals surface area contributed by atoms with Crippen LogP contribution in [0.3, 0.4) is 0 Å². The van der Waals surface area contributed by atoms with Gasteiger partial charge in [0.05, 0.1) is 5.38 Å². The highest BCUT2D eigenvalue weighted by Crippen LogP contribution is 2.32. The van der Waals surface area contributed by atoms with Crippen LogP contribution in [-0.4, -0.2) is 0 Å². The van der Waals surface area contributed by atoms with Gasteiger partial charge in [-0.15, -0.1) is 11.6 Å². The Labute approximate surface area is 150 Å². The van der Waals surface area contributed by atoms with Crippen LogP contribution in [0.25, 0.3) is 11.1 Å². The summed E-state index contributed by atoms with van der Waals surface area (Å²) in [6.45, 7) is 2.28. The first kappa shape index (κ1) is 16.8. The van der Waals surface area contributed by atoms with E-state index in [-0.39, 0.29) is 5.38 Å². The Kier molecular flexibility index (Phi) is 5.72. The van der Waals surface area contributed by atoms with Gasteiger partial charge >= 0.3 is 0 Å². The molecule has 2 unspecified atom stereocenters. The summed E-state index contributed by atoms with van der Waals surface area (Å²) in [6, 6.07) is 29.7. The molecule has 3 rings (SSSR count). The molecule has 0 aliphatic heterocycles. The number of hydrogen-bond donors (Lipinski definition) is 0. The van der Waals surface area contributed by atoms with Crippen LogP contribution in [0.1, 0.15) is 42.2 Å². The lowest BCUT2D eigenvalue weighted by atomic mass is 9.93. The Morgan fingerprint density at radius 3 is 1.96 bits per heavy atom. The van der Waals surface area contributed by atoms with Gasteiger partial charge in [-0.1, -0.05) is 85.8 Å². The summed E-state index contributed by atoms with van der Waals surface area (Å²) in [5.41, 5.74) is 5.06. The smallest absolute Gasteiger partial charge is 0.0585 e. The maximum Gasteiger partial charge on any atom is 0.0585 e. The second-order valence-corrected chi connectivity index (χ2v) is 6.87. The predicted molar refractivity (Wildman–Crippen MR) is 105 cm³/mol. The van der Waals surface area contributed by atoms with E-state index in [0.717, 1.165) is 12.8 Å². The van der Waals surface area contributed by atoms with Crippen LogP contribution in [0.5, 0.6) is 0 Å². The fourth-order valence-corrected chi connectivity index (χ4v) is 3.32. The molecule has 0 aliphatic rings. The highest BCUT2D eigenvalue weighted by atomic mass is 35.5. The Morgan fingerprint density at radius 2 is 1.25 bits per heavy atom. The molecule has 2 atom stereocenters. The topological polar surface area (TPSA) is 0 Å². The van der Waals surface area contributed by atoms with E-state index < -0.39 is 0 Å². The molecule has 0 heterocycles. The van der Waals surface area contributed by atoms with Crippen molar-refractivity contribution in [2.75, 3.05) is 0 Å². The van der Waals surface area contributed by atoms with Crippen molar-refractivity contribution < 1.29 is 0 Å². The molecule has 0 aliphatic carbocycles. The van der Waals surface area contributed by atoms with Gasteiger partial charge in [0.2, 0.25) is 0 Å². The maximum absolute atomic E-state index is 6.70. The van der Waals surface area contributed by atoms with Gasteiger partial charge in [-0.25, -0.2) is 0 Å². The van der Waals surface area contributed by atoms with E-state index in [1.807, 2.05) is 6.07 Å². The Balaban J connectivity index is 1.66. The second kappa shape index (κ2) is 8.17. The van der Waals surface area contributed by atoms with Crippen molar-refractivity contribution in [3.63, 3.8) is 0 Å². The molecule has 0 nitrogen and oxygen atoms in total. The molecule has 0 saturated carbocycles. The van der Waals surface area contributed by atoms with Gasteiger partial charge in [-0.2, -0.15) is 0 Å². The average Bonchev–Trinajstić information content (AvgIpc) is 2.67. The van der Waals surface area contributed by atoms with Crippen LogP contribution in [0.15, 0.2) is 84.9 Å². The third-order valence-electron chi connectivity index (χ3n) is 4.58. The Morgan fingerprint density at radius 1 is 0.667 bits per heavy atom. The monoisotopic (exact) mass is 334 g/mol. The zero-order valence-corrected chi connectivity index (χ0v) is 14.8. The molecule has 0 spiro atoms. The highest BCUT2D eigenvalue weighted by Gasteiger charge is 2.12.